The molecule has 6 rings (SSSR count). The lowest BCUT2D eigenvalue weighted by atomic mass is 9.89. The van der Waals surface area contributed by atoms with Crippen molar-refractivity contribution in [2.45, 2.75) is 69.6 Å². The van der Waals surface area contributed by atoms with E-state index in [1.54, 1.807) is 11.3 Å². The monoisotopic (exact) mass is 660 g/mol. The smallest absolute Gasteiger partial charge is 0.387 e. The molecule has 3 N–H and O–H groups in total. The Labute approximate surface area is 269 Å². The van der Waals surface area contributed by atoms with Crippen LogP contribution >= 0.6 is 23.3 Å². The molecule has 3 aromatic rings. The number of rotatable bonds is 12. The van der Waals surface area contributed by atoms with Crippen molar-refractivity contribution in [3.05, 3.63) is 35.6 Å². The summed E-state index contributed by atoms with van der Waals surface area (Å²) < 4.78 is 32.5. The Morgan fingerprint density at radius 1 is 1.02 bits per heavy atom. The fourth-order valence-electron chi connectivity index (χ4n) is 6.24. The highest BCUT2D eigenvalue weighted by atomic mass is 32.2. The molecule has 1 unspecified atom stereocenters. The lowest BCUT2D eigenvalue weighted by Crippen LogP contribution is -2.47. The number of imide groups is 1. The summed E-state index contributed by atoms with van der Waals surface area (Å²) >= 11 is 3.58. The topological polar surface area (TPSA) is 125 Å². The first-order valence-electron chi connectivity index (χ1n) is 15.5. The Kier molecular flexibility index (Phi) is 10.6. The summed E-state index contributed by atoms with van der Waals surface area (Å²) in [6, 6.07) is 4.07. The van der Waals surface area contributed by atoms with Crippen LogP contribution in [0.3, 0.4) is 0 Å². The molecule has 1 atom stereocenters. The largest absolute Gasteiger partial charge is 0.432 e. The highest BCUT2D eigenvalue weighted by Crippen LogP contribution is 2.38. The lowest BCUT2D eigenvalue weighted by molar-refractivity contribution is -0.133. The number of likely N-dealkylation sites (tertiary alicyclic amines) is 1. The van der Waals surface area contributed by atoms with Gasteiger partial charge in [0.15, 0.2) is 5.75 Å². The molecule has 0 spiro atoms. The number of fused-ring (bicyclic) bond motifs is 1. The molecular weight excluding hydrogens is 623 g/mol. The molecule has 0 radical (unpaired) electrons. The van der Waals surface area contributed by atoms with Crippen LogP contribution in [0.1, 0.15) is 56.4 Å². The van der Waals surface area contributed by atoms with Crippen LogP contribution < -0.4 is 20.7 Å². The van der Waals surface area contributed by atoms with Gasteiger partial charge in [0.05, 0.1) is 28.3 Å². The van der Waals surface area contributed by atoms with Crippen molar-refractivity contribution >= 4 is 57.0 Å². The third-order valence-corrected chi connectivity index (χ3v) is 10.7. The highest BCUT2D eigenvalue weighted by molar-refractivity contribution is 7.97. The van der Waals surface area contributed by atoms with Gasteiger partial charge >= 0.3 is 6.61 Å². The number of carbonyl (C=O) groups excluding carboxylic acids is 2. The fourth-order valence-corrected chi connectivity index (χ4v) is 8.14. The van der Waals surface area contributed by atoms with Gasteiger partial charge in [-0.15, -0.1) is 11.3 Å². The van der Waals surface area contributed by atoms with Crippen molar-refractivity contribution in [1.29, 1.82) is 0 Å². The fraction of sp³-hybridized carbons (Fsp3) is 0.567. The third kappa shape index (κ3) is 8.37. The second-order valence-electron chi connectivity index (χ2n) is 11.7. The van der Waals surface area contributed by atoms with Gasteiger partial charge in [-0.3, -0.25) is 19.2 Å². The number of anilines is 2. The molecule has 0 saturated carbocycles. The maximum absolute atomic E-state index is 12.3. The van der Waals surface area contributed by atoms with E-state index in [1.807, 2.05) is 23.5 Å². The Hall–Kier alpha value is -3.14. The van der Waals surface area contributed by atoms with Crippen LogP contribution in [0.15, 0.2) is 30.0 Å². The van der Waals surface area contributed by atoms with E-state index in [0.29, 0.717) is 24.7 Å². The number of nitrogens with zero attached hydrogens (tertiary/aromatic N) is 5. The average Bonchev–Trinajstić information content (AvgIpc) is 3.53. The quantitative estimate of drug-likeness (QED) is 0.142. The summed E-state index contributed by atoms with van der Waals surface area (Å²) in [5.41, 5.74) is 4.98. The first-order valence-corrected chi connectivity index (χ1v) is 17.3. The number of halogens is 2. The summed E-state index contributed by atoms with van der Waals surface area (Å²) in [5, 5.41) is 9.04. The van der Waals surface area contributed by atoms with Gasteiger partial charge in [-0.05, 0) is 75.7 Å². The third-order valence-electron chi connectivity index (χ3n) is 8.64. The van der Waals surface area contributed by atoms with Crippen molar-refractivity contribution < 1.29 is 23.1 Å². The highest BCUT2D eigenvalue weighted by Gasteiger charge is 2.28. The predicted molar refractivity (Wildman–Crippen MR) is 172 cm³/mol. The van der Waals surface area contributed by atoms with Crippen molar-refractivity contribution in [3.63, 3.8) is 0 Å². The van der Waals surface area contributed by atoms with Gasteiger partial charge in [-0.25, -0.2) is 15.0 Å². The Balaban J connectivity index is 0.888. The van der Waals surface area contributed by atoms with Crippen LogP contribution in [0.2, 0.25) is 0 Å². The summed E-state index contributed by atoms with van der Waals surface area (Å²) in [6.07, 6.45) is 8.68. The first kappa shape index (κ1) is 31.8. The van der Waals surface area contributed by atoms with Crippen LogP contribution in [0.25, 0.3) is 10.2 Å². The Morgan fingerprint density at radius 3 is 2.53 bits per heavy atom. The van der Waals surface area contributed by atoms with E-state index in [9.17, 15) is 18.4 Å². The molecule has 0 bridgehead atoms. The van der Waals surface area contributed by atoms with E-state index in [2.05, 4.69) is 50.9 Å². The number of ether oxygens (including phenoxy) is 1. The molecule has 45 heavy (non-hydrogen) atoms. The minimum absolute atomic E-state index is 0.0450. The molecule has 3 fully saturated rings. The number of benzene rings is 1. The molecule has 2 amide bonds. The number of carbonyl (C=O) groups is 2. The van der Waals surface area contributed by atoms with Gasteiger partial charge < -0.3 is 20.3 Å². The summed E-state index contributed by atoms with van der Waals surface area (Å²) in [6.45, 7) is 2.35. The zero-order valence-electron chi connectivity index (χ0n) is 24.9. The summed E-state index contributed by atoms with van der Waals surface area (Å²) in [7, 11) is 0. The first-order chi connectivity index (χ1) is 21.9. The molecule has 3 aliphatic rings. The zero-order valence-corrected chi connectivity index (χ0v) is 26.6. The minimum Gasteiger partial charge on any atom is -0.432 e. The van der Waals surface area contributed by atoms with Gasteiger partial charge in [-0.2, -0.15) is 8.78 Å². The Bertz CT molecular complexity index is 1450. The molecule has 11 nitrogen and oxygen atoms in total. The van der Waals surface area contributed by atoms with Crippen LogP contribution in [0.4, 0.5) is 20.4 Å². The molecule has 3 saturated heterocycles. The normalized spacial score (nSPS) is 20.9. The predicted octanol–water partition coefficient (Wildman–Crippen LogP) is 4.70. The molecule has 242 valence electrons. The van der Waals surface area contributed by atoms with Crippen molar-refractivity contribution in [2.75, 3.05) is 49.1 Å². The average molecular weight is 661 g/mol. The van der Waals surface area contributed by atoms with E-state index >= 15 is 0 Å². The van der Waals surface area contributed by atoms with E-state index < -0.39 is 12.7 Å². The van der Waals surface area contributed by atoms with Crippen molar-refractivity contribution in [2.24, 2.45) is 0 Å². The maximum Gasteiger partial charge on any atom is 0.387 e. The van der Waals surface area contributed by atoms with Crippen molar-refractivity contribution in [3.8, 4) is 5.75 Å². The minimum atomic E-state index is -2.88. The molecule has 3 aliphatic heterocycles. The number of piperidine rings is 3. The molecule has 15 heteroatoms. The standard InChI is InChI=1S/C30H38F2N8O3S2/c31-29(32)43-21-16-33-30(34-17-21)36-20-8-13-40(14-9-20)45-15-1-10-39-11-6-19(7-12-39)22-2-3-23(26-27(22)44-18-35-26)37-24-4-5-25(41)38-28(24)42/h2-3,16-20,24,29,37H,1,4-15H2,(H,33,34,36)(H,38,41,42). The lowest BCUT2D eigenvalue weighted by Gasteiger charge is -2.33. The Morgan fingerprint density at radius 2 is 1.80 bits per heavy atom. The maximum atomic E-state index is 12.3. The SMILES string of the molecule is O=C1CCC(Nc2ccc(C3CCN(CCCSN4CCC(Nc5ncc(OC(F)F)cn5)CC4)CC3)c3scnc23)C(=O)N1. The summed E-state index contributed by atoms with van der Waals surface area (Å²) in [4.78, 5) is 39.1. The van der Waals surface area contributed by atoms with E-state index in [1.165, 1.54) is 22.7 Å². The molecule has 5 heterocycles. The molecule has 2 aromatic heterocycles. The zero-order chi connectivity index (χ0) is 31.2. The van der Waals surface area contributed by atoms with Gasteiger partial charge in [-0.1, -0.05) is 18.0 Å². The number of amides is 2. The van der Waals surface area contributed by atoms with Gasteiger partial charge in [0.1, 0.15) is 11.6 Å². The van der Waals surface area contributed by atoms with Crippen LogP contribution in [0, 0.1) is 0 Å². The van der Waals surface area contributed by atoms with E-state index in [4.69, 9.17) is 0 Å². The molecule has 1 aromatic carbocycles. The van der Waals surface area contributed by atoms with Crippen molar-refractivity contribution in [1.82, 2.24) is 29.5 Å². The number of hydrogen-bond donors (Lipinski definition) is 3. The van der Waals surface area contributed by atoms with Crippen LogP contribution in [0.5, 0.6) is 5.75 Å². The number of nitrogens with one attached hydrogen (secondary N) is 3. The molecular formula is C30H38F2N8O3S2. The van der Waals surface area contributed by atoms with Crippen LogP contribution in [-0.2, 0) is 9.59 Å². The number of hydrogen-bond acceptors (Lipinski definition) is 12. The van der Waals surface area contributed by atoms with Gasteiger partial charge in [0.25, 0.3) is 0 Å². The number of alkyl halides is 2. The second-order valence-corrected chi connectivity index (χ2v) is 13.7. The number of thiazole rings is 1. The van der Waals surface area contributed by atoms with Gasteiger partial charge in [0, 0.05) is 31.3 Å². The molecule has 0 aliphatic carbocycles. The van der Waals surface area contributed by atoms with Gasteiger partial charge in [0.2, 0.25) is 17.8 Å². The second kappa shape index (κ2) is 15.0. The number of aromatic nitrogens is 3. The van der Waals surface area contributed by atoms with E-state index in [-0.39, 0.29) is 23.6 Å². The van der Waals surface area contributed by atoms with E-state index in [0.717, 1.165) is 81.8 Å². The van der Waals surface area contributed by atoms with Crippen LogP contribution in [-0.4, -0.2) is 93.1 Å². The summed E-state index contributed by atoms with van der Waals surface area (Å²) in [5.74, 6) is 1.49.